The highest BCUT2D eigenvalue weighted by molar-refractivity contribution is 7.92. The fourth-order valence-corrected chi connectivity index (χ4v) is 4.49. The van der Waals surface area contributed by atoms with Gasteiger partial charge in [-0.15, -0.1) is 0 Å². The van der Waals surface area contributed by atoms with Crippen molar-refractivity contribution in [1.82, 2.24) is 0 Å². The molecular weight excluding hydrogens is 470 g/mol. The Morgan fingerprint density at radius 2 is 1.68 bits per heavy atom. The van der Waals surface area contributed by atoms with E-state index in [1.807, 2.05) is 0 Å². The van der Waals surface area contributed by atoms with Crippen molar-refractivity contribution < 1.29 is 24.5 Å². The SMILES string of the molecule is O=S(=O)(Nc1ccc(Oc2cc(Cl)c[n+](O)c2)c(Cl)c1)c1ccc(Cl)cc1Cl.[HH]. The molecule has 0 saturated carbocycles. The van der Waals surface area contributed by atoms with Gasteiger partial charge < -0.3 is 4.74 Å². The van der Waals surface area contributed by atoms with Gasteiger partial charge in [0.1, 0.15) is 15.7 Å². The quantitative estimate of drug-likeness (QED) is 0.363. The molecule has 0 spiro atoms. The average Bonchev–Trinajstić information content (AvgIpc) is 2.55. The van der Waals surface area contributed by atoms with Crippen LogP contribution >= 0.6 is 46.4 Å². The first-order valence-corrected chi connectivity index (χ1v) is 10.5. The molecule has 0 aliphatic rings. The van der Waals surface area contributed by atoms with Crippen LogP contribution in [0.25, 0.3) is 0 Å². The van der Waals surface area contributed by atoms with Crippen LogP contribution in [0.3, 0.4) is 0 Å². The molecule has 6 nitrogen and oxygen atoms in total. The zero-order chi connectivity index (χ0) is 20.5. The van der Waals surface area contributed by atoms with Gasteiger partial charge in [0.05, 0.1) is 15.7 Å². The van der Waals surface area contributed by atoms with Crippen molar-refractivity contribution in [2.75, 3.05) is 4.72 Å². The van der Waals surface area contributed by atoms with Gasteiger partial charge >= 0.3 is 0 Å². The Bertz CT molecular complexity index is 1140. The van der Waals surface area contributed by atoms with Crippen molar-refractivity contribution >= 4 is 62.1 Å². The number of ether oxygens (including phenoxy) is 1. The predicted molar refractivity (Wildman–Crippen MR) is 110 cm³/mol. The van der Waals surface area contributed by atoms with E-state index in [9.17, 15) is 13.6 Å². The molecule has 0 aliphatic carbocycles. The maximum atomic E-state index is 12.5. The molecule has 2 N–H and O–H groups in total. The zero-order valence-corrected chi connectivity index (χ0v) is 17.6. The summed E-state index contributed by atoms with van der Waals surface area (Å²) in [6, 6.07) is 9.83. The molecule has 0 atom stereocenters. The van der Waals surface area contributed by atoms with Gasteiger partial charge in [-0.3, -0.25) is 9.93 Å². The Morgan fingerprint density at radius 1 is 0.929 bits per heavy atom. The van der Waals surface area contributed by atoms with E-state index in [1.54, 1.807) is 0 Å². The van der Waals surface area contributed by atoms with Crippen LogP contribution in [-0.2, 0) is 10.0 Å². The van der Waals surface area contributed by atoms with Crippen molar-refractivity contribution in [3.05, 3.63) is 74.9 Å². The lowest BCUT2D eigenvalue weighted by Crippen LogP contribution is -2.28. The highest BCUT2D eigenvalue weighted by Gasteiger charge is 2.19. The zero-order valence-electron chi connectivity index (χ0n) is 13.7. The Labute approximate surface area is 182 Å². The number of sulfonamides is 1. The Kier molecular flexibility index (Phi) is 6.12. The first kappa shape index (κ1) is 20.8. The second-order valence-electron chi connectivity index (χ2n) is 5.50. The molecule has 28 heavy (non-hydrogen) atoms. The lowest BCUT2D eigenvalue weighted by atomic mass is 10.3. The van der Waals surface area contributed by atoms with E-state index >= 15 is 0 Å². The minimum Gasteiger partial charge on any atom is -0.449 e. The van der Waals surface area contributed by atoms with E-state index in [2.05, 4.69) is 4.72 Å². The third-order valence-electron chi connectivity index (χ3n) is 3.39. The minimum atomic E-state index is -3.95. The summed E-state index contributed by atoms with van der Waals surface area (Å²) in [5.74, 6) is 0.467. The molecular formula is C17H13Cl4N2O4S+. The molecule has 148 valence electrons. The van der Waals surface area contributed by atoms with Crippen LogP contribution in [0.4, 0.5) is 5.69 Å². The fourth-order valence-electron chi connectivity index (χ4n) is 2.24. The van der Waals surface area contributed by atoms with Crippen LogP contribution in [-0.4, -0.2) is 13.6 Å². The van der Waals surface area contributed by atoms with E-state index in [0.29, 0.717) is 5.02 Å². The Balaban J connectivity index is 0.00000300. The number of halogens is 4. The normalized spacial score (nSPS) is 11.3. The molecule has 3 aromatic rings. The van der Waals surface area contributed by atoms with Crippen LogP contribution in [0, 0.1) is 0 Å². The Morgan fingerprint density at radius 3 is 2.32 bits per heavy atom. The molecule has 2 aromatic carbocycles. The molecule has 0 radical (unpaired) electrons. The van der Waals surface area contributed by atoms with Gasteiger partial charge in [0.25, 0.3) is 16.2 Å². The van der Waals surface area contributed by atoms with Crippen molar-refractivity contribution in [1.29, 1.82) is 0 Å². The lowest BCUT2D eigenvalue weighted by molar-refractivity contribution is -0.904. The fraction of sp³-hybridized carbons (Fsp3) is 0. The number of nitrogens with zero attached hydrogens (tertiary/aromatic N) is 1. The maximum Gasteiger partial charge on any atom is 0.264 e. The summed E-state index contributed by atoms with van der Waals surface area (Å²) in [6.07, 6.45) is 2.55. The second kappa shape index (κ2) is 8.23. The van der Waals surface area contributed by atoms with Crippen LogP contribution in [0.1, 0.15) is 1.43 Å². The number of nitrogens with one attached hydrogen (secondary N) is 1. The highest BCUT2D eigenvalue weighted by Crippen LogP contribution is 2.33. The maximum absolute atomic E-state index is 12.5. The Hall–Kier alpha value is -1.90. The number of benzene rings is 2. The molecule has 0 unspecified atom stereocenters. The molecule has 0 aliphatic heterocycles. The molecule has 0 amide bonds. The number of rotatable bonds is 5. The summed E-state index contributed by atoms with van der Waals surface area (Å²) in [6.45, 7) is 0. The van der Waals surface area contributed by atoms with E-state index in [-0.39, 0.29) is 38.6 Å². The van der Waals surface area contributed by atoms with Crippen molar-refractivity contribution in [3.63, 3.8) is 0 Å². The largest absolute Gasteiger partial charge is 0.449 e. The van der Waals surface area contributed by atoms with E-state index in [0.717, 1.165) is 4.73 Å². The summed E-state index contributed by atoms with van der Waals surface area (Å²) < 4.78 is 33.8. The van der Waals surface area contributed by atoms with Gasteiger partial charge in [0.15, 0.2) is 5.75 Å². The average molecular weight is 483 g/mol. The van der Waals surface area contributed by atoms with Crippen molar-refractivity contribution in [3.8, 4) is 11.5 Å². The van der Waals surface area contributed by atoms with Crippen LogP contribution in [0.15, 0.2) is 59.8 Å². The monoisotopic (exact) mass is 481 g/mol. The molecule has 0 bridgehead atoms. The molecule has 0 fully saturated rings. The van der Waals surface area contributed by atoms with E-state index in [4.69, 9.17) is 51.1 Å². The molecule has 0 saturated heterocycles. The van der Waals surface area contributed by atoms with E-state index < -0.39 is 10.0 Å². The summed E-state index contributed by atoms with van der Waals surface area (Å²) in [7, 11) is -3.95. The van der Waals surface area contributed by atoms with Crippen LogP contribution < -0.4 is 14.2 Å². The highest BCUT2D eigenvalue weighted by atomic mass is 35.5. The van der Waals surface area contributed by atoms with Gasteiger partial charge in [-0.1, -0.05) is 46.4 Å². The summed E-state index contributed by atoms with van der Waals surface area (Å²) in [5, 5.41) is 10.2. The molecule has 1 heterocycles. The lowest BCUT2D eigenvalue weighted by Gasteiger charge is -2.12. The summed E-state index contributed by atoms with van der Waals surface area (Å²) in [4.78, 5) is -0.124. The summed E-state index contributed by atoms with van der Waals surface area (Å²) in [5.41, 5.74) is 0.201. The standard InChI is InChI=1S/C17H11Cl4N2O4S.H2/c18-10-1-4-17(15(21)6-10)28(25,26)22-12-2-3-16(14(20)7-12)27-13-5-11(19)8-23(24)9-13;/h1-9,22,24H;1H/q+1;. The minimum absolute atomic E-state index is 0. The first-order valence-electron chi connectivity index (χ1n) is 7.50. The van der Waals surface area contributed by atoms with Crippen LogP contribution in [0.2, 0.25) is 20.1 Å². The third-order valence-corrected chi connectivity index (χ3v) is 5.99. The smallest absolute Gasteiger partial charge is 0.264 e. The first-order chi connectivity index (χ1) is 13.1. The van der Waals surface area contributed by atoms with Gasteiger partial charge in [-0.05, 0) is 36.4 Å². The van der Waals surface area contributed by atoms with Gasteiger partial charge in [0, 0.05) is 17.2 Å². The van der Waals surface area contributed by atoms with Gasteiger partial charge in [0.2, 0.25) is 6.20 Å². The molecule has 11 heteroatoms. The number of hydrogen-bond acceptors (Lipinski definition) is 4. The van der Waals surface area contributed by atoms with Gasteiger partial charge in [-0.25, -0.2) is 8.42 Å². The second-order valence-corrected chi connectivity index (χ2v) is 8.84. The number of anilines is 1. The number of aromatic nitrogens is 1. The summed E-state index contributed by atoms with van der Waals surface area (Å²) >= 11 is 23.8. The van der Waals surface area contributed by atoms with Crippen molar-refractivity contribution in [2.45, 2.75) is 4.90 Å². The number of pyridine rings is 1. The van der Waals surface area contributed by atoms with Crippen molar-refractivity contribution in [2.24, 2.45) is 0 Å². The number of hydrogen-bond donors (Lipinski definition) is 2. The predicted octanol–water partition coefficient (Wildman–Crippen LogP) is 5.66. The molecule has 3 rings (SSSR count). The van der Waals surface area contributed by atoms with Crippen LogP contribution in [0.5, 0.6) is 11.5 Å². The van der Waals surface area contributed by atoms with E-state index in [1.165, 1.54) is 54.9 Å². The molecule has 1 aromatic heterocycles. The third kappa shape index (κ3) is 4.92. The van der Waals surface area contributed by atoms with Gasteiger partial charge in [-0.2, -0.15) is 0 Å². The topological polar surface area (TPSA) is 79.5 Å².